The summed E-state index contributed by atoms with van der Waals surface area (Å²) in [7, 11) is 0. The molecule has 0 spiro atoms. The molecule has 7 nitrogen and oxygen atoms in total. The van der Waals surface area contributed by atoms with E-state index in [1.54, 1.807) is 12.1 Å². The minimum Gasteiger partial charge on any atom is -0.369 e. The number of hydrogen-bond acceptors (Lipinski definition) is 5. The Balaban J connectivity index is 1.28. The third kappa shape index (κ3) is 4.97. The van der Waals surface area contributed by atoms with Crippen molar-refractivity contribution < 1.29 is 9.72 Å². The van der Waals surface area contributed by atoms with Gasteiger partial charge in [0.2, 0.25) is 5.91 Å². The number of nitrogens with one attached hydrogen (secondary N) is 1. The summed E-state index contributed by atoms with van der Waals surface area (Å²) in [4.78, 5) is 27.5. The highest BCUT2D eigenvalue weighted by atomic mass is 16.6. The van der Waals surface area contributed by atoms with Crippen LogP contribution in [0, 0.1) is 23.0 Å². The lowest BCUT2D eigenvalue weighted by Gasteiger charge is -2.36. The molecule has 0 radical (unpaired) electrons. The van der Waals surface area contributed by atoms with E-state index in [4.69, 9.17) is 0 Å². The standard InChI is InChI=1S/C23H28N4O3/c1-17-2-4-18(5-3-17)23(19-6-7-19)24-22(28)16-25-12-14-26(15-13-25)20-8-10-21(11-9-20)27(29)30/h2-5,8-11,19,23H,6-7,12-16H2,1H3,(H,24,28)/t23-/m0/s1. The number of nitrogens with zero attached hydrogens (tertiary/aromatic N) is 3. The molecule has 1 N–H and O–H groups in total. The number of carbonyl (C=O) groups is 1. The predicted octanol–water partition coefficient (Wildman–Crippen LogP) is 3.29. The lowest BCUT2D eigenvalue weighted by molar-refractivity contribution is -0.384. The van der Waals surface area contributed by atoms with Crippen LogP contribution >= 0.6 is 0 Å². The van der Waals surface area contributed by atoms with Crippen LogP contribution in [-0.2, 0) is 4.79 Å². The van der Waals surface area contributed by atoms with Crippen LogP contribution in [-0.4, -0.2) is 48.5 Å². The molecular weight excluding hydrogens is 380 g/mol. The second-order valence-corrected chi connectivity index (χ2v) is 8.33. The third-order valence-electron chi connectivity index (χ3n) is 6.01. The van der Waals surface area contributed by atoms with Gasteiger partial charge < -0.3 is 10.2 Å². The maximum Gasteiger partial charge on any atom is 0.269 e. The molecule has 1 saturated carbocycles. The number of non-ortho nitro benzene ring substituents is 1. The van der Waals surface area contributed by atoms with E-state index in [2.05, 4.69) is 46.3 Å². The van der Waals surface area contributed by atoms with Crippen LogP contribution in [0.15, 0.2) is 48.5 Å². The average Bonchev–Trinajstić information content (AvgIpc) is 3.59. The zero-order valence-electron chi connectivity index (χ0n) is 17.3. The van der Waals surface area contributed by atoms with E-state index in [1.165, 1.54) is 36.1 Å². The number of hydrogen-bond donors (Lipinski definition) is 1. The first-order valence-corrected chi connectivity index (χ1v) is 10.6. The fraction of sp³-hybridized carbons (Fsp3) is 0.435. The highest BCUT2D eigenvalue weighted by Gasteiger charge is 2.33. The van der Waals surface area contributed by atoms with Crippen molar-refractivity contribution >= 4 is 17.3 Å². The Morgan fingerprint density at radius 1 is 1.07 bits per heavy atom. The third-order valence-corrected chi connectivity index (χ3v) is 6.01. The lowest BCUT2D eigenvalue weighted by atomic mass is 10.0. The van der Waals surface area contributed by atoms with Gasteiger partial charge in [-0.2, -0.15) is 0 Å². The number of nitro benzene ring substituents is 1. The Morgan fingerprint density at radius 2 is 1.70 bits per heavy atom. The second kappa shape index (κ2) is 8.83. The van der Waals surface area contributed by atoms with Crippen LogP contribution in [0.5, 0.6) is 0 Å². The van der Waals surface area contributed by atoms with Gasteiger partial charge in [-0.25, -0.2) is 0 Å². The zero-order chi connectivity index (χ0) is 21.1. The molecule has 1 aliphatic carbocycles. The molecule has 7 heteroatoms. The van der Waals surface area contributed by atoms with E-state index < -0.39 is 0 Å². The Morgan fingerprint density at radius 3 is 2.27 bits per heavy atom. The largest absolute Gasteiger partial charge is 0.369 e. The number of carbonyl (C=O) groups excluding carboxylic acids is 1. The fourth-order valence-electron chi connectivity index (χ4n) is 4.05. The lowest BCUT2D eigenvalue weighted by Crippen LogP contribution is -2.50. The summed E-state index contributed by atoms with van der Waals surface area (Å²) in [5.41, 5.74) is 3.51. The summed E-state index contributed by atoms with van der Waals surface area (Å²) < 4.78 is 0. The molecule has 0 bridgehead atoms. The molecule has 2 aliphatic rings. The van der Waals surface area contributed by atoms with E-state index in [0.29, 0.717) is 12.5 Å². The summed E-state index contributed by atoms with van der Waals surface area (Å²) in [5.74, 6) is 0.631. The predicted molar refractivity (Wildman–Crippen MR) is 117 cm³/mol. The van der Waals surface area contributed by atoms with Crippen LogP contribution in [0.3, 0.4) is 0 Å². The molecule has 4 rings (SSSR count). The molecule has 1 aliphatic heterocycles. The number of rotatable bonds is 7. The van der Waals surface area contributed by atoms with E-state index in [9.17, 15) is 14.9 Å². The van der Waals surface area contributed by atoms with Gasteiger partial charge in [0.15, 0.2) is 0 Å². The first-order valence-electron chi connectivity index (χ1n) is 10.6. The minimum absolute atomic E-state index is 0.0799. The van der Waals surface area contributed by atoms with Crippen molar-refractivity contribution in [3.8, 4) is 0 Å². The molecular formula is C23H28N4O3. The van der Waals surface area contributed by atoms with Crippen LogP contribution in [0.4, 0.5) is 11.4 Å². The van der Waals surface area contributed by atoms with E-state index in [1.807, 2.05) is 0 Å². The van der Waals surface area contributed by atoms with Crippen molar-refractivity contribution in [3.05, 3.63) is 69.8 Å². The molecule has 158 valence electrons. The van der Waals surface area contributed by atoms with Gasteiger partial charge in [0.1, 0.15) is 0 Å². The fourth-order valence-corrected chi connectivity index (χ4v) is 4.05. The molecule has 0 unspecified atom stereocenters. The highest BCUT2D eigenvalue weighted by Crippen LogP contribution is 2.41. The van der Waals surface area contributed by atoms with E-state index >= 15 is 0 Å². The summed E-state index contributed by atoms with van der Waals surface area (Å²) in [6.07, 6.45) is 2.35. The van der Waals surface area contributed by atoms with E-state index in [0.717, 1.165) is 31.9 Å². The number of anilines is 1. The molecule has 2 aromatic rings. The Bertz CT molecular complexity index is 886. The van der Waals surface area contributed by atoms with Gasteiger partial charge in [-0.05, 0) is 43.4 Å². The van der Waals surface area contributed by atoms with E-state index in [-0.39, 0.29) is 22.6 Å². The van der Waals surface area contributed by atoms with Crippen molar-refractivity contribution in [2.24, 2.45) is 5.92 Å². The maximum absolute atomic E-state index is 12.7. The first-order chi connectivity index (χ1) is 14.5. The zero-order valence-corrected chi connectivity index (χ0v) is 17.3. The number of nitro groups is 1. The topological polar surface area (TPSA) is 78.7 Å². The Hall–Kier alpha value is -2.93. The molecule has 2 fully saturated rings. The van der Waals surface area contributed by atoms with Gasteiger partial charge in [0.05, 0.1) is 17.5 Å². The summed E-state index contributed by atoms with van der Waals surface area (Å²) in [5, 5.41) is 14.1. The minimum atomic E-state index is -0.383. The van der Waals surface area contributed by atoms with Crippen molar-refractivity contribution in [2.75, 3.05) is 37.6 Å². The van der Waals surface area contributed by atoms with Crippen molar-refractivity contribution in [3.63, 3.8) is 0 Å². The quantitative estimate of drug-likeness (QED) is 0.562. The molecule has 0 aromatic heterocycles. The van der Waals surface area contributed by atoms with Crippen LogP contribution in [0.25, 0.3) is 0 Å². The molecule has 1 amide bonds. The second-order valence-electron chi connectivity index (χ2n) is 8.33. The number of amides is 1. The van der Waals surface area contributed by atoms with Gasteiger partial charge >= 0.3 is 0 Å². The van der Waals surface area contributed by atoms with Crippen LogP contribution in [0.1, 0.15) is 30.0 Å². The van der Waals surface area contributed by atoms with Gasteiger partial charge in [0, 0.05) is 44.0 Å². The summed E-state index contributed by atoms with van der Waals surface area (Å²) in [6, 6.07) is 15.2. The van der Waals surface area contributed by atoms with Gasteiger partial charge in [-0.15, -0.1) is 0 Å². The number of aryl methyl sites for hydroxylation is 1. The monoisotopic (exact) mass is 408 g/mol. The van der Waals surface area contributed by atoms with Gasteiger partial charge in [-0.1, -0.05) is 29.8 Å². The molecule has 1 heterocycles. The summed E-state index contributed by atoms with van der Waals surface area (Å²) >= 11 is 0. The van der Waals surface area contributed by atoms with Gasteiger partial charge in [-0.3, -0.25) is 19.8 Å². The number of piperazine rings is 1. The smallest absolute Gasteiger partial charge is 0.269 e. The Labute approximate surface area is 176 Å². The first kappa shape index (κ1) is 20.3. The van der Waals surface area contributed by atoms with Crippen molar-refractivity contribution in [1.29, 1.82) is 0 Å². The van der Waals surface area contributed by atoms with Crippen molar-refractivity contribution in [2.45, 2.75) is 25.8 Å². The SMILES string of the molecule is Cc1ccc([C@H](NC(=O)CN2CCN(c3ccc([N+](=O)[O-])cc3)CC2)C2CC2)cc1. The molecule has 1 atom stereocenters. The van der Waals surface area contributed by atoms with Gasteiger partial charge in [0.25, 0.3) is 5.69 Å². The average molecular weight is 409 g/mol. The maximum atomic E-state index is 12.7. The molecule has 30 heavy (non-hydrogen) atoms. The van der Waals surface area contributed by atoms with Crippen molar-refractivity contribution in [1.82, 2.24) is 10.2 Å². The molecule has 1 saturated heterocycles. The molecule has 2 aromatic carbocycles. The normalized spacial score (nSPS) is 18.1. The summed E-state index contributed by atoms with van der Waals surface area (Å²) in [6.45, 7) is 5.67. The van der Waals surface area contributed by atoms with Crippen LogP contribution in [0.2, 0.25) is 0 Å². The number of benzene rings is 2. The van der Waals surface area contributed by atoms with Crippen LogP contribution < -0.4 is 10.2 Å². The Kier molecular flexibility index (Phi) is 5.99. The highest BCUT2D eigenvalue weighted by molar-refractivity contribution is 5.78.